The number of unbranched alkanes of at least 4 members (excludes halogenated alkanes) is 13. The van der Waals surface area contributed by atoms with Crippen molar-refractivity contribution >= 4 is 5.97 Å². The molecule has 0 aliphatic heterocycles. The van der Waals surface area contributed by atoms with E-state index in [0.29, 0.717) is 12.2 Å². The number of ether oxygens (including phenoxy) is 1. The van der Waals surface area contributed by atoms with E-state index in [4.69, 9.17) is 4.74 Å². The molecule has 0 fully saturated rings. The van der Waals surface area contributed by atoms with E-state index in [0.717, 1.165) is 36.2 Å². The predicted molar refractivity (Wildman–Crippen MR) is 142 cm³/mol. The summed E-state index contributed by atoms with van der Waals surface area (Å²) in [6.45, 7) is 4.49. The van der Waals surface area contributed by atoms with Gasteiger partial charge in [-0.05, 0) is 43.5 Å². The molecule has 0 N–H and O–H groups in total. The summed E-state index contributed by atoms with van der Waals surface area (Å²) >= 11 is 0. The van der Waals surface area contributed by atoms with Crippen LogP contribution in [0, 0.1) is 0 Å². The van der Waals surface area contributed by atoms with Crippen molar-refractivity contribution in [3.05, 3.63) is 42.4 Å². The van der Waals surface area contributed by atoms with Crippen LogP contribution >= 0.6 is 0 Å². The number of hydrogen-bond donors (Lipinski definition) is 0. The van der Waals surface area contributed by atoms with Gasteiger partial charge in [0.05, 0.1) is 17.6 Å². The van der Waals surface area contributed by atoms with E-state index in [1.165, 1.54) is 83.5 Å². The Labute approximate surface area is 208 Å². The monoisotopic (exact) mass is 466 g/mol. The fraction of sp³-hybridized carbons (Fsp3) is 0.633. The maximum absolute atomic E-state index is 12.1. The molecule has 1 heterocycles. The molecule has 0 aliphatic carbocycles. The summed E-state index contributed by atoms with van der Waals surface area (Å²) in [5.41, 5.74) is 2.89. The van der Waals surface area contributed by atoms with Gasteiger partial charge in [0.1, 0.15) is 5.75 Å². The Kier molecular flexibility index (Phi) is 14.9. The Morgan fingerprint density at radius 2 is 1.24 bits per heavy atom. The van der Waals surface area contributed by atoms with Gasteiger partial charge >= 0.3 is 5.97 Å². The molecule has 2 rings (SSSR count). The zero-order chi connectivity index (χ0) is 24.3. The molecule has 0 bridgehead atoms. The minimum absolute atomic E-state index is 0.144. The molecule has 0 unspecified atom stereocenters. The van der Waals surface area contributed by atoms with Gasteiger partial charge in [-0.25, -0.2) is 0 Å². The van der Waals surface area contributed by atoms with E-state index in [-0.39, 0.29) is 5.97 Å². The highest BCUT2D eigenvalue weighted by atomic mass is 16.5. The van der Waals surface area contributed by atoms with Crippen LogP contribution in [-0.2, 0) is 11.2 Å². The molecule has 34 heavy (non-hydrogen) atoms. The summed E-state index contributed by atoms with van der Waals surface area (Å²) in [6, 6.07) is 7.57. The molecule has 1 aromatic heterocycles. The van der Waals surface area contributed by atoms with E-state index >= 15 is 0 Å². The second kappa shape index (κ2) is 18.1. The fourth-order valence-electron chi connectivity index (χ4n) is 4.18. The summed E-state index contributed by atoms with van der Waals surface area (Å²) < 4.78 is 5.50. The Bertz CT molecular complexity index is 771. The summed E-state index contributed by atoms with van der Waals surface area (Å²) in [6.07, 6.45) is 24.1. The Hall–Kier alpha value is -2.23. The van der Waals surface area contributed by atoms with Crippen molar-refractivity contribution in [3.63, 3.8) is 0 Å². The molecule has 1 aromatic carbocycles. The molecular weight excluding hydrogens is 420 g/mol. The first-order chi connectivity index (χ1) is 16.7. The maximum Gasteiger partial charge on any atom is 0.311 e. The van der Waals surface area contributed by atoms with Crippen LogP contribution in [0.25, 0.3) is 11.3 Å². The molecule has 2 aromatic rings. The van der Waals surface area contributed by atoms with Crippen molar-refractivity contribution in [1.82, 2.24) is 9.97 Å². The van der Waals surface area contributed by atoms with Crippen LogP contribution in [0.4, 0.5) is 0 Å². The Morgan fingerprint density at radius 1 is 0.676 bits per heavy atom. The highest BCUT2D eigenvalue weighted by Crippen LogP contribution is 2.21. The summed E-state index contributed by atoms with van der Waals surface area (Å²) in [7, 11) is 0. The topological polar surface area (TPSA) is 52.1 Å². The first-order valence-corrected chi connectivity index (χ1v) is 13.8. The average Bonchev–Trinajstić information content (AvgIpc) is 2.86. The van der Waals surface area contributed by atoms with Crippen molar-refractivity contribution in [2.45, 2.75) is 123 Å². The molecule has 0 atom stereocenters. The number of benzene rings is 1. The van der Waals surface area contributed by atoms with Gasteiger partial charge in [0.2, 0.25) is 0 Å². The first kappa shape index (κ1) is 28.0. The lowest BCUT2D eigenvalue weighted by atomic mass is 10.1. The van der Waals surface area contributed by atoms with E-state index in [2.05, 4.69) is 23.8 Å². The normalized spacial score (nSPS) is 11.0. The van der Waals surface area contributed by atoms with Gasteiger partial charge in [0, 0.05) is 18.2 Å². The summed E-state index contributed by atoms with van der Waals surface area (Å²) in [4.78, 5) is 21.3. The van der Waals surface area contributed by atoms with E-state index in [1.807, 2.05) is 36.7 Å². The van der Waals surface area contributed by atoms with Gasteiger partial charge in [-0.3, -0.25) is 14.8 Å². The number of aryl methyl sites for hydroxylation is 1. The van der Waals surface area contributed by atoms with Gasteiger partial charge in [-0.2, -0.15) is 0 Å². The van der Waals surface area contributed by atoms with Crippen LogP contribution in [-0.4, -0.2) is 15.9 Å². The molecule has 0 saturated carbocycles. The highest BCUT2D eigenvalue weighted by molar-refractivity contribution is 5.72. The van der Waals surface area contributed by atoms with Crippen LogP contribution < -0.4 is 4.74 Å². The summed E-state index contributed by atoms with van der Waals surface area (Å²) in [5, 5.41) is 0. The minimum Gasteiger partial charge on any atom is -0.427 e. The molecule has 0 aliphatic rings. The van der Waals surface area contributed by atoms with Gasteiger partial charge in [0.15, 0.2) is 0 Å². The first-order valence-electron chi connectivity index (χ1n) is 13.8. The van der Waals surface area contributed by atoms with Crippen molar-refractivity contribution in [2.24, 2.45) is 0 Å². The van der Waals surface area contributed by atoms with Gasteiger partial charge < -0.3 is 4.74 Å². The number of hydrogen-bond acceptors (Lipinski definition) is 4. The number of carbonyl (C=O) groups excluding carboxylic acids is 1. The smallest absolute Gasteiger partial charge is 0.311 e. The lowest BCUT2D eigenvalue weighted by Crippen LogP contribution is -2.07. The molecule has 0 radical (unpaired) electrons. The summed E-state index contributed by atoms with van der Waals surface area (Å²) in [5.74, 6) is 0.451. The Morgan fingerprint density at radius 3 is 1.79 bits per heavy atom. The second-order valence-corrected chi connectivity index (χ2v) is 9.49. The second-order valence-electron chi connectivity index (χ2n) is 9.49. The number of carbonyl (C=O) groups is 1. The van der Waals surface area contributed by atoms with Crippen LogP contribution in [0.2, 0.25) is 0 Å². The van der Waals surface area contributed by atoms with Crippen LogP contribution in [0.1, 0.15) is 122 Å². The van der Waals surface area contributed by atoms with Crippen LogP contribution in [0.3, 0.4) is 0 Å². The standard InChI is InChI=1S/C30H46N2O2/c1-3-5-7-9-11-12-13-15-17-19-30(33)34-28-22-20-26(21-23-28)29-25-31-27(24-32-29)18-16-14-10-8-6-4-2/h20-25H,3-19H2,1-2H3. The van der Waals surface area contributed by atoms with Gasteiger partial charge in [0.25, 0.3) is 0 Å². The fourth-order valence-corrected chi connectivity index (χ4v) is 4.18. The van der Waals surface area contributed by atoms with E-state index < -0.39 is 0 Å². The third-order valence-corrected chi connectivity index (χ3v) is 6.36. The molecule has 188 valence electrons. The SMILES string of the molecule is CCCCCCCCCCCC(=O)Oc1ccc(-c2cnc(CCCCCCCC)cn2)cc1. The quantitative estimate of drug-likeness (QED) is 0.118. The lowest BCUT2D eigenvalue weighted by molar-refractivity contribution is -0.134. The van der Waals surface area contributed by atoms with Crippen molar-refractivity contribution < 1.29 is 9.53 Å². The molecule has 4 nitrogen and oxygen atoms in total. The zero-order valence-corrected chi connectivity index (χ0v) is 21.7. The molecule has 0 amide bonds. The third-order valence-electron chi connectivity index (χ3n) is 6.36. The lowest BCUT2D eigenvalue weighted by Gasteiger charge is -2.07. The van der Waals surface area contributed by atoms with Crippen molar-refractivity contribution in [1.29, 1.82) is 0 Å². The highest BCUT2D eigenvalue weighted by Gasteiger charge is 2.07. The van der Waals surface area contributed by atoms with Gasteiger partial charge in [-0.1, -0.05) is 97.3 Å². The number of nitrogens with zero attached hydrogens (tertiary/aromatic N) is 2. The molecular formula is C30H46N2O2. The van der Waals surface area contributed by atoms with Crippen molar-refractivity contribution in [3.8, 4) is 17.0 Å². The van der Waals surface area contributed by atoms with Crippen LogP contribution in [0.15, 0.2) is 36.7 Å². The average molecular weight is 467 g/mol. The number of aromatic nitrogens is 2. The minimum atomic E-state index is -0.144. The third kappa shape index (κ3) is 12.3. The van der Waals surface area contributed by atoms with Crippen molar-refractivity contribution in [2.75, 3.05) is 0 Å². The Balaban J connectivity index is 1.63. The van der Waals surface area contributed by atoms with Gasteiger partial charge in [-0.15, -0.1) is 0 Å². The maximum atomic E-state index is 12.1. The zero-order valence-electron chi connectivity index (χ0n) is 21.7. The van der Waals surface area contributed by atoms with E-state index in [9.17, 15) is 4.79 Å². The number of esters is 1. The number of rotatable bonds is 19. The predicted octanol–water partition coefficient (Wildman–Crippen LogP) is 8.87. The van der Waals surface area contributed by atoms with Crippen LogP contribution in [0.5, 0.6) is 5.75 Å². The molecule has 4 heteroatoms. The molecule has 0 spiro atoms. The largest absolute Gasteiger partial charge is 0.427 e. The molecule has 0 saturated heterocycles. The van der Waals surface area contributed by atoms with E-state index in [1.54, 1.807) is 0 Å².